The summed E-state index contributed by atoms with van der Waals surface area (Å²) < 4.78 is 39.6. The fourth-order valence-corrected chi connectivity index (χ4v) is 5.04. The molecule has 0 aliphatic rings. The third-order valence-corrected chi connectivity index (χ3v) is 7.79. The molecule has 0 amide bonds. The molecule has 0 spiro atoms. The number of aliphatic hydroxyl groups is 1. The number of aromatic nitrogens is 7. The number of sulfone groups is 1. The Bertz CT molecular complexity index is 1440. The van der Waals surface area contributed by atoms with Gasteiger partial charge in [-0.25, -0.2) is 8.42 Å². The number of hydrogen-bond donors (Lipinski definition) is 2. The summed E-state index contributed by atoms with van der Waals surface area (Å²) in [5.74, 6) is 0.711. The van der Waals surface area contributed by atoms with Crippen molar-refractivity contribution in [2.45, 2.75) is 37.9 Å². The van der Waals surface area contributed by atoms with Crippen LogP contribution in [-0.2, 0) is 15.6 Å². The molecular formula is C23H27N7O5S. The third-order valence-electron chi connectivity index (χ3n) is 5.74. The van der Waals surface area contributed by atoms with Crippen molar-refractivity contribution in [1.82, 2.24) is 34.9 Å². The van der Waals surface area contributed by atoms with Gasteiger partial charge in [-0.15, -0.1) is 10.2 Å². The zero-order chi connectivity index (χ0) is 26.0. The number of aromatic amines is 1. The van der Waals surface area contributed by atoms with Crippen molar-refractivity contribution in [1.29, 1.82) is 0 Å². The lowest BCUT2D eigenvalue weighted by atomic mass is 10.2. The van der Waals surface area contributed by atoms with E-state index in [4.69, 9.17) is 9.47 Å². The highest BCUT2D eigenvalue weighted by Gasteiger charge is 2.34. The molecule has 0 saturated heterocycles. The maximum atomic E-state index is 13.5. The van der Waals surface area contributed by atoms with Gasteiger partial charge in [0.15, 0.2) is 21.5 Å². The molecule has 0 saturated carbocycles. The second kappa shape index (κ2) is 10.0. The highest BCUT2D eigenvalue weighted by Crippen LogP contribution is 2.36. The van der Waals surface area contributed by atoms with Gasteiger partial charge in [-0.2, -0.15) is 5.10 Å². The van der Waals surface area contributed by atoms with Gasteiger partial charge in [0, 0.05) is 11.9 Å². The highest BCUT2D eigenvalue weighted by molar-refractivity contribution is 7.91. The lowest BCUT2D eigenvalue weighted by molar-refractivity contribution is 0.170. The molecule has 0 bridgehead atoms. The molecule has 0 unspecified atom stereocenters. The summed E-state index contributed by atoms with van der Waals surface area (Å²) in [5.41, 5.74) is 2.49. The Kier molecular flexibility index (Phi) is 7.04. The van der Waals surface area contributed by atoms with E-state index in [0.717, 1.165) is 5.69 Å². The Hall–Kier alpha value is -3.84. The van der Waals surface area contributed by atoms with Gasteiger partial charge in [0.2, 0.25) is 0 Å². The Morgan fingerprint density at radius 2 is 1.78 bits per heavy atom. The van der Waals surface area contributed by atoms with Crippen LogP contribution in [0.5, 0.6) is 11.5 Å². The minimum absolute atomic E-state index is 0.0995. The Labute approximate surface area is 208 Å². The molecule has 12 nitrogen and oxygen atoms in total. The van der Waals surface area contributed by atoms with Gasteiger partial charge in [0.1, 0.15) is 34.7 Å². The van der Waals surface area contributed by atoms with E-state index in [2.05, 4.69) is 30.4 Å². The first-order chi connectivity index (χ1) is 17.2. The van der Waals surface area contributed by atoms with Gasteiger partial charge < -0.3 is 14.6 Å². The van der Waals surface area contributed by atoms with Gasteiger partial charge in [-0.05, 0) is 39.0 Å². The normalized spacial score (nSPS) is 13.4. The molecule has 4 rings (SSSR count). The molecule has 1 aromatic carbocycles. The third kappa shape index (κ3) is 4.79. The number of methoxy groups -OCH3 is 2. The average Bonchev–Trinajstić information content (AvgIpc) is 3.48. The van der Waals surface area contributed by atoms with Crippen LogP contribution in [0.1, 0.15) is 35.9 Å². The van der Waals surface area contributed by atoms with Crippen LogP contribution < -0.4 is 9.47 Å². The van der Waals surface area contributed by atoms with Crippen LogP contribution in [0.2, 0.25) is 0 Å². The molecule has 0 aliphatic heterocycles. The fourth-order valence-electron chi connectivity index (χ4n) is 3.70. The Morgan fingerprint density at radius 1 is 1.08 bits per heavy atom. The summed E-state index contributed by atoms with van der Waals surface area (Å²) in [5, 5.41) is 25.1. The van der Waals surface area contributed by atoms with Gasteiger partial charge in [0.25, 0.3) is 0 Å². The number of ether oxygens (including phenoxy) is 2. The van der Waals surface area contributed by atoms with Gasteiger partial charge in [-0.1, -0.05) is 6.07 Å². The summed E-state index contributed by atoms with van der Waals surface area (Å²) in [7, 11) is -0.958. The van der Waals surface area contributed by atoms with E-state index in [1.54, 1.807) is 35.8 Å². The molecule has 3 aromatic heterocycles. The molecule has 2 N–H and O–H groups in total. The van der Waals surface area contributed by atoms with E-state index in [9.17, 15) is 13.5 Å². The molecule has 190 valence electrons. The fraction of sp³-hybridized carbons (Fsp3) is 0.348. The van der Waals surface area contributed by atoms with Crippen molar-refractivity contribution in [3.05, 3.63) is 59.6 Å². The minimum Gasteiger partial charge on any atom is -0.494 e. The zero-order valence-corrected chi connectivity index (χ0v) is 21.3. The summed E-state index contributed by atoms with van der Waals surface area (Å²) in [6.45, 7) is 5.01. The topological polar surface area (TPSA) is 158 Å². The zero-order valence-electron chi connectivity index (χ0n) is 20.5. The number of aliphatic hydroxyl groups excluding tert-OH is 1. The van der Waals surface area contributed by atoms with Crippen molar-refractivity contribution in [3.8, 4) is 28.7 Å². The van der Waals surface area contributed by atoms with Crippen LogP contribution in [0.4, 0.5) is 0 Å². The first kappa shape index (κ1) is 25.3. The Balaban J connectivity index is 1.81. The maximum absolute atomic E-state index is 13.5. The second-order valence-electron chi connectivity index (χ2n) is 8.26. The van der Waals surface area contributed by atoms with Gasteiger partial charge in [0.05, 0.1) is 37.1 Å². The lowest BCUT2D eigenvalue weighted by Gasteiger charge is -2.20. The Morgan fingerprint density at radius 3 is 2.33 bits per heavy atom. The van der Waals surface area contributed by atoms with Crippen LogP contribution in [0, 0.1) is 13.8 Å². The summed E-state index contributed by atoms with van der Waals surface area (Å²) in [6, 6.07) is 6.96. The van der Waals surface area contributed by atoms with Gasteiger partial charge >= 0.3 is 0 Å². The molecule has 0 radical (unpaired) electrons. The van der Waals surface area contributed by atoms with Crippen molar-refractivity contribution in [2.75, 3.05) is 14.2 Å². The SMILES string of the molecule is COc1cccc(OC)c1-n1c(CS(=O)(=O)[C@@H](C)[C@H](O)c2cnc(C)cn2)nnc1-c1cc(C)[nH]n1. The summed E-state index contributed by atoms with van der Waals surface area (Å²) >= 11 is 0. The lowest BCUT2D eigenvalue weighted by Crippen LogP contribution is -2.28. The number of benzene rings is 1. The number of para-hydroxylation sites is 1. The van der Waals surface area contributed by atoms with Crippen LogP contribution in [0.3, 0.4) is 0 Å². The molecule has 36 heavy (non-hydrogen) atoms. The van der Waals surface area contributed by atoms with E-state index in [1.165, 1.54) is 33.5 Å². The van der Waals surface area contributed by atoms with Crippen molar-refractivity contribution < 1.29 is 23.0 Å². The van der Waals surface area contributed by atoms with Gasteiger partial charge in [-0.3, -0.25) is 19.6 Å². The van der Waals surface area contributed by atoms with Crippen LogP contribution in [-0.4, -0.2) is 67.9 Å². The number of nitrogens with zero attached hydrogens (tertiary/aromatic N) is 6. The number of rotatable bonds is 9. The molecule has 0 aliphatic carbocycles. The first-order valence-corrected chi connectivity index (χ1v) is 12.7. The minimum atomic E-state index is -3.96. The van der Waals surface area contributed by atoms with E-state index in [0.29, 0.717) is 34.4 Å². The molecule has 4 aromatic rings. The smallest absolute Gasteiger partial charge is 0.189 e. The summed E-state index contributed by atoms with van der Waals surface area (Å²) in [6.07, 6.45) is 1.46. The molecule has 2 atom stereocenters. The molecule has 0 fully saturated rings. The number of hydrogen-bond acceptors (Lipinski definition) is 10. The first-order valence-electron chi connectivity index (χ1n) is 11.0. The van der Waals surface area contributed by atoms with Crippen LogP contribution >= 0.6 is 0 Å². The van der Waals surface area contributed by atoms with Crippen molar-refractivity contribution >= 4 is 9.84 Å². The molecular weight excluding hydrogens is 486 g/mol. The number of aryl methyl sites for hydroxylation is 2. The van der Waals surface area contributed by atoms with Crippen LogP contribution in [0.15, 0.2) is 36.7 Å². The second-order valence-corrected chi connectivity index (χ2v) is 10.6. The predicted octanol–water partition coefficient (Wildman–Crippen LogP) is 2.12. The van der Waals surface area contributed by atoms with E-state index < -0.39 is 26.9 Å². The quantitative estimate of drug-likeness (QED) is 0.339. The van der Waals surface area contributed by atoms with Crippen molar-refractivity contribution in [3.63, 3.8) is 0 Å². The monoisotopic (exact) mass is 513 g/mol. The summed E-state index contributed by atoms with van der Waals surface area (Å²) in [4.78, 5) is 8.22. The molecule has 13 heteroatoms. The van der Waals surface area contributed by atoms with E-state index >= 15 is 0 Å². The molecule has 3 heterocycles. The largest absolute Gasteiger partial charge is 0.494 e. The maximum Gasteiger partial charge on any atom is 0.189 e. The van der Waals surface area contributed by atoms with E-state index in [-0.39, 0.29) is 11.5 Å². The standard InChI is InChI=1S/C23H27N7O5S/c1-13-9-16(27-26-13)23-29-28-20(30(23)21-18(34-4)7-6-8-19(21)35-5)12-36(32,33)15(3)22(31)17-11-24-14(2)10-25-17/h6-11,15,22,31H,12H2,1-5H3,(H,26,27)/t15-,22-/m0/s1. The van der Waals surface area contributed by atoms with Crippen LogP contribution in [0.25, 0.3) is 17.2 Å². The van der Waals surface area contributed by atoms with E-state index in [1.807, 2.05) is 6.92 Å². The number of nitrogens with one attached hydrogen (secondary N) is 1. The van der Waals surface area contributed by atoms with Crippen molar-refractivity contribution in [2.24, 2.45) is 0 Å². The highest BCUT2D eigenvalue weighted by atomic mass is 32.2. The average molecular weight is 514 g/mol. The predicted molar refractivity (Wildman–Crippen MR) is 131 cm³/mol. The number of H-pyrrole nitrogens is 1.